The van der Waals surface area contributed by atoms with Crippen molar-refractivity contribution in [1.82, 2.24) is 5.32 Å². The van der Waals surface area contributed by atoms with Gasteiger partial charge in [0, 0.05) is 12.1 Å². The molecule has 86 valence electrons. The maximum Gasteiger partial charge on any atom is 0.174 e. The highest BCUT2D eigenvalue weighted by molar-refractivity contribution is 5.40. The molecule has 0 atom stereocenters. The van der Waals surface area contributed by atoms with Crippen molar-refractivity contribution in [2.75, 3.05) is 13.2 Å². The van der Waals surface area contributed by atoms with Crippen molar-refractivity contribution in [1.29, 1.82) is 5.26 Å². The second-order valence-electron chi connectivity index (χ2n) is 3.69. The predicted octanol–water partition coefficient (Wildman–Crippen LogP) is 2.40. The van der Waals surface area contributed by atoms with Gasteiger partial charge in [-0.1, -0.05) is 25.1 Å². The zero-order valence-electron chi connectivity index (χ0n) is 9.92. The summed E-state index contributed by atoms with van der Waals surface area (Å²) in [5.74, 6) is 0.840. The number of benzene rings is 1. The number of para-hydroxylation sites is 1. The van der Waals surface area contributed by atoms with E-state index in [1.165, 1.54) is 0 Å². The summed E-state index contributed by atoms with van der Waals surface area (Å²) in [6.07, 6.45) is 1.11. The predicted molar refractivity (Wildman–Crippen MR) is 64.3 cm³/mol. The first-order valence-corrected chi connectivity index (χ1v) is 5.58. The van der Waals surface area contributed by atoms with Crippen LogP contribution in [0.4, 0.5) is 0 Å². The van der Waals surface area contributed by atoms with Crippen LogP contribution in [0.2, 0.25) is 0 Å². The van der Waals surface area contributed by atoms with Gasteiger partial charge in [0.15, 0.2) is 6.61 Å². The molecule has 0 saturated carbocycles. The summed E-state index contributed by atoms with van der Waals surface area (Å²) < 4.78 is 5.45. The van der Waals surface area contributed by atoms with Crippen LogP contribution in [0.25, 0.3) is 0 Å². The number of hydrogen-bond acceptors (Lipinski definition) is 3. The lowest BCUT2D eigenvalue weighted by atomic mass is 10.1. The van der Waals surface area contributed by atoms with E-state index in [9.17, 15) is 0 Å². The molecule has 0 bridgehead atoms. The first-order chi connectivity index (χ1) is 7.79. The van der Waals surface area contributed by atoms with E-state index in [-0.39, 0.29) is 6.61 Å². The van der Waals surface area contributed by atoms with Gasteiger partial charge in [0.2, 0.25) is 0 Å². The summed E-state index contributed by atoms with van der Waals surface area (Å²) in [6, 6.07) is 8.03. The van der Waals surface area contributed by atoms with Crippen molar-refractivity contribution in [2.24, 2.45) is 0 Å². The minimum absolute atomic E-state index is 0.103. The van der Waals surface area contributed by atoms with Crippen molar-refractivity contribution in [3.63, 3.8) is 0 Å². The molecule has 0 unspecified atom stereocenters. The maximum absolute atomic E-state index is 8.53. The molecule has 0 radical (unpaired) electrons. The molecule has 16 heavy (non-hydrogen) atoms. The first-order valence-electron chi connectivity index (χ1n) is 5.58. The minimum atomic E-state index is 0.103. The quantitative estimate of drug-likeness (QED) is 0.746. The van der Waals surface area contributed by atoms with Crippen LogP contribution in [0, 0.1) is 18.3 Å². The number of nitrogens with zero attached hydrogens (tertiary/aromatic N) is 1. The number of ether oxygens (including phenoxy) is 1. The van der Waals surface area contributed by atoms with Crippen molar-refractivity contribution in [3.8, 4) is 11.8 Å². The van der Waals surface area contributed by atoms with Crippen LogP contribution in [-0.4, -0.2) is 13.2 Å². The fourth-order valence-electron chi connectivity index (χ4n) is 1.56. The van der Waals surface area contributed by atoms with Gasteiger partial charge in [-0.3, -0.25) is 0 Å². The van der Waals surface area contributed by atoms with Gasteiger partial charge in [-0.15, -0.1) is 0 Å². The van der Waals surface area contributed by atoms with E-state index in [0.717, 1.165) is 36.4 Å². The van der Waals surface area contributed by atoms with Gasteiger partial charge in [-0.25, -0.2) is 0 Å². The molecule has 0 aliphatic carbocycles. The van der Waals surface area contributed by atoms with Gasteiger partial charge in [0.1, 0.15) is 11.8 Å². The molecular weight excluding hydrogens is 200 g/mol. The van der Waals surface area contributed by atoms with Gasteiger partial charge < -0.3 is 10.1 Å². The topological polar surface area (TPSA) is 45.0 Å². The Labute approximate surface area is 97.0 Å². The zero-order chi connectivity index (χ0) is 11.8. The molecule has 1 rings (SSSR count). The molecule has 3 nitrogen and oxygen atoms in total. The van der Waals surface area contributed by atoms with Gasteiger partial charge in [-0.05, 0) is 25.5 Å². The maximum atomic E-state index is 8.53. The lowest BCUT2D eigenvalue weighted by Gasteiger charge is -2.12. The van der Waals surface area contributed by atoms with Crippen LogP contribution in [0.15, 0.2) is 18.2 Å². The fourth-order valence-corrected chi connectivity index (χ4v) is 1.56. The zero-order valence-corrected chi connectivity index (χ0v) is 9.92. The molecule has 3 heteroatoms. The largest absolute Gasteiger partial charge is 0.478 e. The molecule has 0 aromatic heterocycles. The molecular formula is C13H18N2O. The number of nitriles is 1. The fraction of sp³-hybridized carbons (Fsp3) is 0.462. The number of hydrogen-bond donors (Lipinski definition) is 1. The lowest BCUT2D eigenvalue weighted by Crippen LogP contribution is -2.15. The van der Waals surface area contributed by atoms with Crippen LogP contribution < -0.4 is 10.1 Å². The Balaban J connectivity index is 2.73. The molecule has 0 amide bonds. The van der Waals surface area contributed by atoms with Crippen molar-refractivity contribution in [3.05, 3.63) is 29.3 Å². The number of rotatable bonds is 6. The van der Waals surface area contributed by atoms with Gasteiger partial charge in [-0.2, -0.15) is 5.26 Å². The Kier molecular flexibility index (Phi) is 5.38. The lowest BCUT2D eigenvalue weighted by molar-refractivity contribution is 0.360. The Bertz CT molecular complexity index is 369. The molecule has 1 aromatic rings. The molecule has 0 aliphatic rings. The summed E-state index contributed by atoms with van der Waals surface area (Å²) in [5.41, 5.74) is 2.19. The molecule has 0 saturated heterocycles. The highest BCUT2D eigenvalue weighted by Gasteiger charge is 2.05. The van der Waals surface area contributed by atoms with E-state index in [0.29, 0.717) is 0 Å². The van der Waals surface area contributed by atoms with Crippen molar-refractivity contribution >= 4 is 0 Å². The van der Waals surface area contributed by atoms with E-state index >= 15 is 0 Å². The molecule has 1 aromatic carbocycles. The monoisotopic (exact) mass is 218 g/mol. The number of aryl methyl sites for hydroxylation is 1. The average molecular weight is 218 g/mol. The minimum Gasteiger partial charge on any atom is -0.478 e. The Hall–Kier alpha value is -1.53. The standard InChI is InChI=1S/C13H18N2O/c1-3-8-15-10-12-6-4-5-11(2)13(12)16-9-7-14/h4-6,15H,3,8-10H2,1-2H3. The van der Waals surface area contributed by atoms with Crippen molar-refractivity contribution < 1.29 is 4.74 Å². The summed E-state index contributed by atoms with van der Waals surface area (Å²) in [5, 5.41) is 11.9. The van der Waals surface area contributed by atoms with Crippen LogP contribution in [0.3, 0.4) is 0 Å². The van der Waals surface area contributed by atoms with Gasteiger partial charge >= 0.3 is 0 Å². The normalized spacial score (nSPS) is 9.81. The third-order valence-corrected chi connectivity index (χ3v) is 2.32. The summed E-state index contributed by atoms with van der Waals surface area (Å²) in [6.45, 7) is 6.01. The molecule has 0 heterocycles. The van der Waals surface area contributed by atoms with Gasteiger partial charge in [0.05, 0.1) is 0 Å². The molecule has 0 spiro atoms. The Morgan fingerprint density at radius 1 is 1.44 bits per heavy atom. The van der Waals surface area contributed by atoms with E-state index < -0.39 is 0 Å². The summed E-state index contributed by atoms with van der Waals surface area (Å²) in [7, 11) is 0. The smallest absolute Gasteiger partial charge is 0.174 e. The van der Waals surface area contributed by atoms with Gasteiger partial charge in [0.25, 0.3) is 0 Å². The highest BCUT2D eigenvalue weighted by atomic mass is 16.5. The van der Waals surface area contributed by atoms with Crippen LogP contribution in [0.1, 0.15) is 24.5 Å². The summed E-state index contributed by atoms with van der Waals surface area (Å²) in [4.78, 5) is 0. The molecule has 0 fully saturated rings. The average Bonchev–Trinajstić information content (AvgIpc) is 2.28. The Morgan fingerprint density at radius 3 is 2.94 bits per heavy atom. The van der Waals surface area contributed by atoms with Crippen LogP contribution in [0.5, 0.6) is 5.75 Å². The third-order valence-electron chi connectivity index (χ3n) is 2.32. The highest BCUT2D eigenvalue weighted by Crippen LogP contribution is 2.23. The van der Waals surface area contributed by atoms with E-state index in [1.807, 2.05) is 31.2 Å². The van der Waals surface area contributed by atoms with Crippen molar-refractivity contribution in [2.45, 2.75) is 26.8 Å². The SMILES string of the molecule is CCCNCc1cccc(C)c1OCC#N. The van der Waals surface area contributed by atoms with E-state index in [4.69, 9.17) is 10.00 Å². The first kappa shape index (κ1) is 12.5. The third kappa shape index (κ3) is 3.56. The Morgan fingerprint density at radius 2 is 2.25 bits per heavy atom. The number of nitrogens with one attached hydrogen (secondary N) is 1. The van der Waals surface area contributed by atoms with E-state index in [2.05, 4.69) is 12.2 Å². The second-order valence-corrected chi connectivity index (χ2v) is 3.69. The molecule has 0 aliphatic heterocycles. The van der Waals surface area contributed by atoms with Crippen LogP contribution in [-0.2, 0) is 6.54 Å². The van der Waals surface area contributed by atoms with Crippen LogP contribution >= 0.6 is 0 Å². The van der Waals surface area contributed by atoms with E-state index in [1.54, 1.807) is 0 Å². The summed E-state index contributed by atoms with van der Waals surface area (Å²) >= 11 is 0. The second kappa shape index (κ2) is 6.86. The molecule has 1 N–H and O–H groups in total.